The highest BCUT2D eigenvalue weighted by atomic mass is 32.1. The maximum absolute atomic E-state index is 4.83. The minimum absolute atomic E-state index is 0.843. The third-order valence-electron chi connectivity index (χ3n) is 3.62. The topological polar surface area (TPSA) is 58.9 Å². The number of hydrogen-bond acceptors (Lipinski definition) is 4. The lowest BCUT2D eigenvalue weighted by molar-refractivity contribution is 0.934. The van der Waals surface area contributed by atoms with Crippen LogP contribution < -0.4 is 0 Å². The molecule has 1 N–H and O–H groups in total. The molecule has 0 aromatic carbocycles. The van der Waals surface area contributed by atoms with Crippen molar-refractivity contribution >= 4 is 22.9 Å². The van der Waals surface area contributed by atoms with Gasteiger partial charge in [0.05, 0.1) is 27.3 Å². The summed E-state index contributed by atoms with van der Waals surface area (Å²) in [4.78, 5) is 13.4. The fraction of sp³-hybridized carbons (Fsp3) is 0.118. The van der Waals surface area contributed by atoms with Crippen molar-refractivity contribution < 1.29 is 0 Å². The number of allylic oxidation sites excluding steroid dienone is 1. The fourth-order valence-electron chi connectivity index (χ4n) is 2.65. The highest BCUT2D eigenvalue weighted by Crippen LogP contribution is 2.37. The number of H-pyrrole nitrogens is 1. The van der Waals surface area contributed by atoms with E-state index >= 15 is 0 Å². The van der Waals surface area contributed by atoms with Gasteiger partial charge in [0.25, 0.3) is 0 Å². The summed E-state index contributed by atoms with van der Waals surface area (Å²) < 4.78 is 1.90. The van der Waals surface area contributed by atoms with Crippen LogP contribution in [-0.2, 0) is 0 Å². The summed E-state index contributed by atoms with van der Waals surface area (Å²) in [5.74, 6) is 0.843. The zero-order valence-corrected chi connectivity index (χ0v) is 13.6. The molecule has 4 heterocycles. The summed E-state index contributed by atoms with van der Waals surface area (Å²) in [7, 11) is 0. The first-order valence-electron chi connectivity index (χ1n) is 7.35. The van der Waals surface area contributed by atoms with Crippen LogP contribution in [0.2, 0.25) is 0 Å². The molecule has 4 rings (SSSR count). The molecule has 0 aliphatic carbocycles. The summed E-state index contributed by atoms with van der Waals surface area (Å²) in [6.45, 7) is 4.01. The molecule has 0 bridgehead atoms. The molecule has 0 unspecified atom stereocenters. The monoisotopic (exact) mass is 321 g/mol. The average Bonchev–Trinajstić information content (AvgIpc) is 3.24. The molecule has 0 radical (unpaired) electrons. The maximum Gasteiger partial charge on any atom is 0.149 e. The number of nitrogens with one attached hydrogen (secondary N) is 1. The SMILES string of the molecule is C/C=C/c1nc(-c2c(C)nn3ccccc23)sc1-c1ncc[nH]1. The van der Waals surface area contributed by atoms with Crippen molar-refractivity contribution in [3.8, 4) is 21.3 Å². The lowest BCUT2D eigenvalue weighted by Crippen LogP contribution is -1.83. The third kappa shape index (κ3) is 2.27. The van der Waals surface area contributed by atoms with Gasteiger partial charge >= 0.3 is 0 Å². The second-order valence-electron chi connectivity index (χ2n) is 5.16. The summed E-state index contributed by atoms with van der Waals surface area (Å²) in [5, 5.41) is 5.54. The highest BCUT2D eigenvalue weighted by molar-refractivity contribution is 7.18. The van der Waals surface area contributed by atoms with Crippen LogP contribution in [0.3, 0.4) is 0 Å². The van der Waals surface area contributed by atoms with Crippen LogP contribution in [0.15, 0.2) is 42.9 Å². The van der Waals surface area contributed by atoms with E-state index in [-0.39, 0.29) is 0 Å². The Balaban J connectivity index is 1.95. The standard InChI is InChI=1S/C17H15N5S/c1-3-6-12-15(16-18-8-9-19-16)23-17(20-12)14-11(2)21-22-10-5-4-7-13(14)22/h3-10H,1-2H3,(H,18,19)/b6-3+. The largest absolute Gasteiger partial charge is 0.344 e. The van der Waals surface area contributed by atoms with Gasteiger partial charge in [-0.2, -0.15) is 5.10 Å². The van der Waals surface area contributed by atoms with Crippen LogP contribution in [0.5, 0.6) is 0 Å². The van der Waals surface area contributed by atoms with E-state index in [0.717, 1.165) is 38.2 Å². The van der Waals surface area contributed by atoms with E-state index in [4.69, 9.17) is 4.98 Å². The van der Waals surface area contributed by atoms with E-state index in [1.54, 1.807) is 17.5 Å². The molecule has 6 heteroatoms. The van der Waals surface area contributed by atoms with E-state index in [9.17, 15) is 0 Å². The lowest BCUT2D eigenvalue weighted by Gasteiger charge is -1.94. The molecule has 4 aromatic heterocycles. The van der Waals surface area contributed by atoms with E-state index in [1.807, 2.05) is 55.0 Å². The van der Waals surface area contributed by atoms with Crippen LogP contribution >= 0.6 is 11.3 Å². The summed E-state index contributed by atoms with van der Waals surface area (Å²) >= 11 is 1.63. The van der Waals surface area contributed by atoms with Crippen LogP contribution in [0.25, 0.3) is 32.9 Å². The molecule has 0 atom stereocenters. The number of fused-ring (bicyclic) bond motifs is 1. The molecule has 0 fully saturated rings. The number of imidazole rings is 1. The highest BCUT2D eigenvalue weighted by Gasteiger charge is 2.19. The van der Waals surface area contributed by atoms with Crippen molar-refractivity contribution in [3.05, 3.63) is 54.3 Å². The van der Waals surface area contributed by atoms with Gasteiger partial charge in [0, 0.05) is 18.6 Å². The zero-order valence-electron chi connectivity index (χ0n) is 12.8. The first-order chi connectivity index (χ1) is 11.3. The van der Waals surface area contributed by atoms with Gasteiger partial charge in [0.2, 0.25) is 0 Å². The van der Waals surface area contributed by atoms with Crippen LogP contribution in [0.1, 0.15) is 18.3 Å². The van der Waals surface area contributed by atoms with Crippen molar-refractivity contribution in [3.63, 3.8) is 0 Å². The molecule has 0 saturated carbocycles. The number of rotatable bonds is 3. The van der Waals surface area contributed by atoms with Crippen molar-refractivity contribution in [1.82, 2.24) is 24.6 Å². The molecule has 0 amide bonds. The third-order valence-corrected chi connectivity index (χ3v) is 4.72. The number of nitrogens with zero attached hydrogens (tertiary/aromatic N) is 4. The van der Waals surface area contributed by atoms with Crippen LogP contribution in [0.4, 0.5) is 0 Å². The number of aryl methyl sites for hydroxylation is 1. The van der Waals surface area contributed by atoms with Crippen molar-refractivity contribution in [2.24, 2.45) is 0 Å². The maximum atomic E-state index is 4.83. The normalized spacial score (nSPS) is 11.7. The Hall–Kier alpha value is -2.73. The predicted octanol–water partition coefficient (Wildman–Crippen LogP) is 4.19. The fourth-order valence-corrected chi connectivity index (χ4v) is 3.77. The molecule has 4 aromatic rings. The Morgan fingerprint density at radius 3 is 3.00 bits per heavy atom. The predicted molar refractivity (Wildman–Crippen MR) is 93.3 cm³/mol. The average molecular weight is 321 g/mol. The van der Waals surface area contributed by atoms with Crippen molar-refractivity contribution in [2.75, 3.05) is 0 Å². The number of aromatic nitrogens is 5. The van der Waals surface area contributed by atoms with Gasteiger partial charge in [0.1, 0.15) is 10.8 Å². The molecule has 114 valence electrons. The van der Waals surface area contributed by atoms with Gasteiger partial charge in [-0.15, -0.1) is 11.3 Å². The van der Waals surface area contributed by atoms with Gasteiger partial charge in [-0.25, -0.2) is 14.5 Å². The Kier molecular flexibility index (Phi) is 3.31. The Bertz CT molecular complexity index is 992. The van der Waals surface area contributed by atoms with Crippen LogP contribution in [0, 0.1) is 6.92 Å². The van der Waals surface area contributed by atoms with E-state index in [1.165, 1.54) is 0 Å². The van der Waals surface area contributed by atoms with Gasteiger partial charge < -0.3 is 4.98 Å². The number of pyridine rings is 1. The van der Waals surface area contributed by atoms with E-state index < -0.39 is 0 Å². The number of aromatic amines is 1. The van der Waals surface area contributed by atoms with Crippen molar-refractivity contribution in [1.29, 1.82) is 0 Å². The Morgan fingerprint density at radius 2 is 2.22 bits per heavy atom. The Labute approximate surface area is 137 Å². The van der Waals surface area contributed by atoms with Crippen LogP contribution in [-0.4, -0.2) is 24.6 Å². The molecule has 0 aliphatic heterocycles. The van der Waals surface area contributed by atoms with E-state index in [0.29, 0.717) is 0 Å². The molecule has 23 heavy (non-hydrogen) atoms. The Morgan fingerprint density at radius 1 is 1.30 bits per heavy atom. The number of thiazole rings is 1. The molecular weight excluding hydrogens is 306 g/mol. The minimum Gasteiger partial charge on any atom is -0.344 e. The first kappa shape index (κ1) is 13.9. The molecule has 0 aliphatic rings. The van der Waals surface area contributed by atoms with Crippen molar-refractivity contribution in [2.45, 2.75) is 13.8 Å². The van der Waals surface area contributed by atoms with Gasteiger partial charge in [-0.05, 0) is 32.1 Å². The smallest absolute Gasteiger partial charge is 0.149 e. The zero-order chi connectivity index (χ0) is 15.8. The summed E-state index contributed by atoms with van der Waals surface area (Å²) in [6.07, 6.45) is 9.55. The van der Waals surface area contributed by atoms with Gasteiger partial charge in [0.15, 0.2) is 0 Å². The van der Waals surface area contributed by atoms with E-state index in [2.05, 4.69) is 21.1 Å². The first-order valence-corrected chi connectivity index (χ1v) is 8.17. The minimum atomic E-state index is 0.843. The summed E-state index contributed by atoms with van der Waals surface area (Å²) in [5.41, 5.74) is 4.05. The second-order valence-corrected chi connectivity index (χ2v) is 6.16. The van der Waals surface area contributed by atoms with Gasteiger partial charge in [-0.3, -0.25) is 0 Å². The number of hydrogen-bond donors (Lipinski definition) is 1. The van der Waals surface area contributed by atoms with Gasteiger partial charge in [-0.1, -0.05) is 12.1 Å². The molecule has 0 spiro atoms. The molecule has 0 saturated heterocycles. The molecular formula is C17H15N5S. The lowest BCUT2D eigenvalue weighted by atomic mass is 10.2. The quantitative estimate of drug-likeness (QED) is 0.615. The summed E-state index contributed by atoms with van der Waals surface area (Å²) in [6, 6.07) is 6.07. The second kappa shape index (κ2) is 5.48. The molecule has 5 nitrogen and oxygen atoms in total.